The lowest BCUT2D eigenvalue weighted by atomic mass is 10.1. The zero-order valence-corrected chi connectivity index (χ0v) is 12.0. The Morgan fingerprint density at radius 2 is 1.84 bits per heavy atom. The highest BCUT2D eigenvalue weighted by Gasteiger charge is 2.24. The zero-order chi connectivity index (χ0) is 14.5. The number of benzene rings is 1. The molecule has 0 aromatic heterocycles. The summed E-state index contributed by atoms with van der Waals surface area (Å²) < 4.78 is 25.1. The minimum absolute atomic E-state index is 0.212. The highest BCUT2D eigenvalue weighted by Crippen LogP contribution is 2.12. The van der Waals surface area contributed by atoms with E-state index < -0.39 is 21.7 Å². The van der Waals surface area contributed by atoms with Crippen LogP contribution in [0, 0.1) is 6.92 Å². The Bertz CT molecular complexity index is 522. The first-order valence-electron chi connectivity index (χ1n) is 6.10. The van der Waals surface area contributed by atoms with Crippen molar-refractivity contribution in [2.45, 2.75) is 26.8 Å². The largest absolute Gasteiger partial charge is 0.480 e. The molecular formula is C13H19NO4S. The molecule has 0 saturated heterocycles. The van der Waals surface area contributed by atoms with Crippen LogP contribution in [-0.2, 0) is 21.4 Å². The number of hydrogen-bond acceptors (Lipinski definition) is 3. The molecule has 0 radical (unpaired) electrons. The molecule has 0 aliphatic heterocycles. The molecule has 1 rings (SSSR count). The molecule has 19 heavy (non-hydrogen) atoms. The zero-order valence-electron chi connectivity index (χ0n) is 11.2. The Hall–Kier alpha value is -1.40. The van der Waals surface area contributed by atoms with Gasteiger partial charge in [-0.25, -0.2) is 8.42 Å². The summed E-state index contributed by atoms with van der Waals surface area (Å²) in [6.07, 6.45) is 0.644. The molecule has 6 heteroatoms. The SMILES string of the molecule is CCCN(Cc1ccc(C)cc1)S(=O)(=O)CC(=O)O. The predicted molar refractivity (Wildman–Crippen MR) is 73.3 cm³/mol. The number of aliphatic carboxylic acids is 1. The van der Waals surface area contributed by atoms with E-state index >= 15 is 0 Å². The molecule has 1 aromatic carbocycles. The molecular weight excluding hydrogens is 266 g/mol. The maximum absolute atomic E-state index is 11.9. The molecule has 5 nitrogen and oxygen atoms in total. The van der Waals surface area contributed by atoms with Crippen LogP contribution in [0.5, 0.6) is 0 Å². The number of nitrogens with zero attached hydrogens (tertiary/aromatic N) is 1. The molecule has 0 spiro atoms. The number of carboxylic acids is 1. The molecule has 0 bridgehead atoms. The van der Waals surface area contributed by atoms with Gasteiger partial charge in [-0.15, -0.1) is 0 Å². The van der Waals surface area contributed by atoms with Crippen LogP contribution in [0.4, 0.5) is 0 Å². The molecule has 0 fully saturated rings. The maximum Gasteiger partial charge on any atom is 0.320 e. The Balaban J connectivity index is 2.89. The average Bonchev–Trinajstić information content (AvgIpc) is 2.29. The minimum Gasteiger partial charge on any atom is -0.480 e. The van der Waals surface area contributed by atoms with E-state index in [0.29, 0.717) is 13.0 Å². The fourth-order valence-corrected chi connectivity index (χ4v) is 3.01. The molecule has 0 atom stereocenters. The second-order valence-corrected chi connectivity index (χ2v) is 6.44. The first-order chi connectivity index (χ1) is 8.85. The summed E-state index contributed by atoms with van der Waals surface area (Å²) in [4.78, 5) is 10.6. The lowest BCUT2D eigenvalue weighted by Gasteiger charge is -2.20. The van der Waals surface area contributed by atoms with Gasteiger partial charge in [0.15, 0.2) is 5.75 Å². The summed E-state index contributed by atoms with van der Waals surface area (Å²) in [5.74, 6) is -2.19. The van der Waals surface area contributed by atoms with Crippen LogP contribution in [-0.4, -0.2) is 36.1 Å². The first kappa shape index (κ1) is 15.7. The topological polar surface area (TPSA) is 74.7 Å². The molecule has 0 saturated carbocycles. The quantitative estimate of drug-likeness (QED) is 0.826. The van der Waals surface area contributed by atoms with Gasteiger partial charge in [0.25, 0.3) is 0 Å². The monoisotopic (exact) mass is 285 g/mol. The number of aryl methyl sites for hydroxylation is 1. The van der Waals surface area contributed by atoms with E-state index in [1.54, 1.807) is 0 Å². The highest BCUT2D eigenvalue weighted by molar-refractivity contribution is 7.89. The Labute approximate surface area is 113 Å². The Kier molecular flexibility index (Phi) is 5.50. The summed E-state index contributed by atoms with van der Waals surface area (Å²) in [6.45, 7) is 4.35. The van der Waals surface area contributed by atoms with Crippen molar-refractivity contribution in [3.63, 3.8) is 0 Å². The van der Waals surface area contributed by atoms with Gasteiger partial charge < -0.3 is 5.11 Å². The third-order valence-corrected chi connectivity index (χ3v) is 4.36. The van der Waals surface area contributed by atoms with E-state index in [2.05, 4.69) is 0 Å². The molecule has 0 heterocycles. The van der Waals surface area contributed by atoms with Crippen molar-refractivity contribution in [3.8, 4) is 0 Å². The standard InChI is InChI=1S/C13H19NO4S/c1-3-8-14(19(17,18)10-13(15)16)9-12-6-4-11(2)5-7-12/h4-7H,3,8-10H2,1-2H3,(H,15,16). The third kappa shape index (κ3) is 5.00. The number of carbonyl (C=O) groups is 1. The molecule has 0 aliphatic carbocycles. The van der Waals surface area contributed by atoms with Gasteiger partial charge in [0.05, 0.1) is 0 Å². The summed E-state index contributed by atoms with van der Waals surface area (Å²) in [5.41, 5.74) is 1.95. The number of hydrogen-bond donors (Lipinski definition) is 1. The second kappa shape index (κ2) is 6.68. The lowest BCUT2D eigenvalue weighted by Crippen LogP contribution is -2.35. The van der Waals surface area contributed by atoms with E-state index in [4.69, 9.17) is 5.11 Å². The van der Waals surface area contributed by atoms with Crippen molar-refractivity contribution < 1.29 is 18.3 Å². The summed E-state index contributed by atoms with van der Waals surface area (Å²) in [7, 11) is -3.76. The van der Waals surface area contributed by atoms with Crippen molar-refractivity contribution in [1.82, 2.24) is 4.31 Å². The fourth-order valence-electron chi connectivity index (χ4n) is 1.71. The van der Waals surface area contributed by atoms with E-state index in [0.717, 1.165) is 11.1 Å². The fraction of sp³-hybridized carbons (Fsp3) is 0.462. The van der Waals surface area contributed by atoms with Crippen LogP contribution in [0.25, 0.3) is 0 Å². The predicted octanol–water partition coefficient (Wildman–Crippen LogP) is 1.62. The van der Waals surface area contributed by atoms with Gasteiger partial charge in [-0.3, -0.25) is 4.79 Å². The third-order valence-electron chi connectivity index (χ3n) is 2.65. The summed E-state index contributed by atoms with van der Waals surface area (Å²) in [5, 5.41) is 8.66. The minimum atomic E-state index is -3.76. The van der Waals surface area contributed by atoms with Gasteiger partial charge in [0.1, 0.15) is 0 Å². The smallest absolute Gasteiger partial charge is 0.320 e. The molecule has 1 aromatic rings. The molecule has 1 N–H and O–H groups in total. The van der Waals surface area contributed by atoms with Crippen LogP contribution in [0.1, 0.15) is 24.5 Å². The van der Waals surface area contributed by atoms with Crippen molar-refractivity contribution in [3.05, 3.63) is 35.4 Å². The van der Waals surface area contributed by atoms with Crippen LogP contribution < -0.4 is 0 Å². The highest BCUT2D eigenvalue weighted by atomic mass is 32.2. The van der Waals surface area contributed by atoms with Crippen molar-refractivity contribution >= 4 is 16.0 Å². The Morgan fingerprint density at radius 3 is 2.32 bits per heavy atom. The van der Waals surface area contributed by atoms with Crippen LogP contribution in [0.3, 0.4) is 0 Å². The van der Waals surface area contributed by atoms with Crippen molar-refractivity contribution in [2.24, 2.45) is 0 Å². The summed E-state index contributed by atoms with van der Waals surface area (Å²) >= 11 is 0. The van der Waals surface area contributed by atoms with Gasteiger partial charge in [-0.2, -0.15) is 4.31 Å². The first-order valence-corrected chi connectivity index (χ1v) is 7.71. The lowest BCUT2D eigenvalue weighted by molar-refractivity contribution is -0.134. The van der Waals surface area contributed by atoms with Crippen LogP contribution in [0.2, 0.25) is 0 Å². The summed E-state index contributed by atoms with van der Waals surface area (Å²) in [6, 6.07) is 7.52. The molecule has 106 valence electrons. The van der Waals surface area contributed by atoms with E-state index in [1.165, 1.54) is 4.31 Å². The van der Waals surface area contributed by atoms with Crippen LogP contribution in [0.15, 0.2) is 24.3 Å². The second-order valence-electron chi connectivity index (χ2n) is 4.47. The van der Waals surface area contributed by atoms with Gasteiger partial charge in [0, 0.05) is 13.1 Å². The van der Waals surface area contributed by atoms with Gasteiger partial charge in [0.2, 0.25) is 10.0 Å². The van der Waals surface area contributed by atoms with E-state index in [-0.39, 0.29) is 6.54 Å². The molecule has 0 amide bonds. The van der Waals surface area contributed by atoms with Crippen molar-refractivity contribution in [2.75, 3.05) is 12.3 Å². The van der Waals surface area contributed by atoms with Crippen molar-refractivity contribution in [1.29, 1.82) is 0 Å². The normalized spacial score (nSPS) is 11.7. The maximum atomic E-state index is 11.9. The van der Waals surface area contributed by atoms with Gasteiger partial charge in [-0.05, 0) is 18.9 Å². The van der Waals surface area contributed by atoms with Gasteiger partial charge in [-0.1, -0.05) is 36.8 Å². The van der Waals surface area contributed by atoms with E-state index in [1.807, 2.05) is 38.1 Å². The Morgan fingerprint density at radius 1 is 1.26 bits per heavy atom. The van der Waals surface area contributed by atoms with Gasteiger partial charge >= 0.3 is 5.97 Å². The van der Waals surface area contributed by atoms with Crippen LogP contribution >= 0.6 is 0 Å². The number of rotatable bonds is 7. The molecule has 0 unspecified atom stereocenters. The number of sulfonamides is 1. The van der Waals surface area contributed by atoms with E-state index in [9.17, 15) is 13.2 Å². The average molecular weight is 285 g/mol. The molecule has 0 aliphatic rings. The number of carboxylic acid groups (broad SMARTS) is 1.